The maximum Gasteiger partial charge on any atom is 0.163 e. The first kappa shape index (κ1) is 9.25. The van der Waals surface area contributed by atoms with E-state index in [1.54, 1.807) is 0 Å². The minimum atomic E-state index is 0.252. The zero-order chi connectivity index (χ0) is 9.97. The number of ether oxygens (including phenoxy) is 1. The smallest absolute Gasteiger partial charge is 0.163 e. The van der Waals surface area contributed by atoms with Crippen LogP contribution in [0.15, 0.2) is 18.2 Å². The third-order valence-corrected chi connectivity index (χ3v) is 2.48. The van der Waals surface area contributed by atoms with Gasteiger partial charge in [-0.15, -0.1) is 0 Å². The summed E-state index contributed by atoms with van der Waals surface area (Å²) in [5, 5.41) is 0. The van der Waals surface area contributed by atoms with E-state index in [1.807, 2.05) is 18.2 Å². The van der Waals surface area contributed by atoms with Crippen molar-refractivity contribution in [1.29, 1.82) is 0 Å². The highest BCUT2D eigenvalue weighted by Crippen LogP contribution is 2.26. The van der Waals surface area contributed by atoms with E-state index >= 15 is 0 Å². The van der Waals surface area contributed by atoms with Gasteiger partial charge in [-0.1, -0.05) is 13.0 Å². The largest absolute Gasteiger partial charge is 0.494 e. The number of carbonyl (C=O) groups excluding carboxylic acids is 1. The number of rotatable bonds is 3. The number of benzene rings is 1. The molecule has 2 rings (SSSR count). The predicted octanol–water partition coefficient (Wildman–Crippen LogP) is 2.60. The van der Waals surface area contributed by atoms with Crippen molar-refractivity contribution in [3.05, 3.63) is 29.3 Å². The van der Waals surface area contributed by atoms with Crippen molar-refractivity contribution in [1.82, 2.24) is 0 Å². The van der Waals surface area contributed by atoms with E-state index in [0.29, 0.717) is 13.0 Å². The van der Waals surface area contributed by atoms with Crippen LogP contribution in [-0.4, -0.2) is 12.4 Å². The summed E-state index contributed by atoms with van der Waals surface area (Å²) in [6.45, 7) is 2.78. The number of Topliss-reactive ketones (excluding diaryl/α,β-unsaturated/α-hetero) is 1. The molecule has 0 unspecified atom stereocenters. The van der Waals surface area contributed by atoms with Crippen LogP contribution in [0, 0.1) is 0 Å². The molecule has 1 aromatic rings. The lowest BCUT2D eigenvalue weighted by atomic mass is 10.1. The number of ketones is 1. The quantitative estimate of drug-likeness (QED) is 0.732. The maximum absolute atomic E-state index is 11.4. The summed E-state index contributed by atoms with van der Waals surface area (Å²) >= 11 is 0. The molecule has 0 fully saturated rings. The molecule has 0 spiro atoms. The highest BCUT2D eigenvalue weighted by molar-refractivity contribution is 6.00. The third kappa shape index (κ3) is 1.65. The van der Waals surface area contributed by atoms with Crippen molar-refractivity contribution < 1.29 is 9.53 Å². The van der Waals surface area contributed by atoms with Crippen LogP contribution in [-0.2, 0) is 6.42 Å². The van der Waals surface area contributed by atoms with Gasteiger partial charge in [0.05, 0.1) is 6.61 Å². The molecule has 2 heteroatoms. The van der Waals surface area contributed by atoms with Crippen LogP contribution < -0.4 is 4.74 Å². The van der Waals surface area contributed by atoms with E-state index in [9.17, 15) is 4.79 Å². The number of hydrogen-bond acceptors (Lipinski definition) is 2. The molecule has 0 heterocycles. The van der Waals surface area contributed by atoms with Gasteiger partial charge in [0, 0.05) is 12.0 Å². The van der Waals surface area contributed by atoms with Crippen LogP contribution in [0.2, 0.25) is 0 Å². The number of carbonyl (C=O) groups is 1. The molecule has 1 aliphatic rings. The fourth-order valence-electron chi connectivity index (χ4n) is 1.73. The molecule has 0 saturated carbocycles. The SMILES string of the molecule is CCCOc1ccc2c(c1)C(=O)CC2. The first-order valence-electron chi connectivity index (χ1n) is 5.10. The Kier molecular flexibility index (Phi) is 2.53. The summed E-state index contributed by atoms with van der Waals surface area (Å²) in [6, 6.07) is 5.83. The van der Waals surface area contributed by atoms with Crippen LogP contribution in [0.4, 0.5) is 0 Å². The van der Waals surface area contributed by atoms with E-state index in [2.05, 4.69) is 6.92 Å². The number of hydrogen-bond donors (Lipinski definition) is 0. The van der Waals surface area contributed by atoms with Crippen LogP contribution >= 0.6 is 0 Å². The van der Waals surface area contributed by atoms with Gasteiger partial charge in [-0.25, -0.2) is 0 Å². The Balaban J connectivity index is 2.21. The summed E-state index contributed by atoms with van der Waals surface area (Å²) in [5.41, 5.74) is 2.03. The van der Waals surface area contributed by atoms with Crippen molar-refractivity contribution in [2.75, 3.05) is 6.61 Å². The molecule has 0 amide bonds. The van der Waals surface area contributed by atoms with Crippen molar-refractivity contribution >= 4 is 5.78 Å². The molecule has 1 aliphatic carbocycles. The normalized spacial score (nSPS) is 14.2. The van der Waals surface area contributed by atoms with E-state index in [1.165, 1.54) is 5.56 Å². The predicted molar refractivity (Wildman–Crippen MR) is 54.9 cm³/mol. The fraction of sp³-hybridized carbons (Fsp3) is 0.417. The Hall–Kier alpha value is -1.31. The molecule has 0 N–H and O–H groups in total. The first-order valence-corrected chi connectivity index (χ1v) is 5.10. The summed E-state index contributed by atoms with van der Waals surface area (Å²) < 4.78 is 5.48. The lowest BCUT2D eigenvalue weighted by Crippen LogP contribution is -1.97. The van der Waals surface area contributed by atoms with Gasteiger partial charge < -0.3 is 4.74 Å². The van der Waals surface area contributed by atoms with Gasteiger partial charge in [0.1, 0.15) is 5.75 Å². The highest BCUT2D eigenvalue weighted by atomic mass is 16.5. The van der Waals surface area contributed by atoms with Crippen LogP contribution in [0.5, 0.6) is 5.75 Å². The zero-order valence-electron chi connectivity index (χ0n) is 8.38. The van der Waals surface area contributed by atoms with Crippen LogP contribution in [0.25, 0.3) is 0 Å². The lowest BCUT2D eigenvalue weighted by Gasteiger charge is -2.05. The van der Waals surface area contributed by atoms with Gasteiger partial charge >= 0.3 is 0 Å². The summed E-state index contributed by atoms with van der Waals surface area (Å²) in [7, 11) is 0. The monoisotopic (exact) mass is 190 g/mol. The van der Waals surface area contributed by atoms with Crippen molar-refractivity contribution in [3.63, 3.8) is 0 Å². The summed E-state index contributed by atoms with van der Waals surface area (Å²) in [4.78, 5) is 11.4. The average molecular weight is 190 g/mol. The Morgan fingerprint density at radius 2 is 2.21 bits per heavy atom. The van der Waals surface area contributed by atoms with Crippen molar-refractivity contribution in [2.45, 2.75) is 26.2 Å². The maximum atomic E-state index is 11.4. The third-order valence-electron chi connectivity index (χ3n) is 2.48. The molecule has 74 valence electrons. The molecule has 2 nitrogen and oxygen atoms in total. The van der Waals surface area contributed by atoms with E-state index in [0.717, 1.165) is 24.2 Å². The Labute approximate surface area is 83.9 Å². The topological polar surface area (TPSA) is 26.3 Å². The van der Waals surface area contributed by atoms with Crippen molar-refractivity contribution in [3.8, 4) is 5.75 Å². The second kappa shape index (κ2) is 3.82. The Morgan fingerprint density at radius 1 is 1.36 bits per heavy atom. The van der Waals surface area contributed by atoms with Crippen molar-refractivity contribution in [2.24, 2.45) is 0 Å². The highest BCUT2D eigenvalue weighted by Gasteiger charge is 2.19. The molecule has 0 saturated heterocycles. The molecular weight excluding hydrogens is 176 g/mol. The van der Waals surface area contributed by atoms with Gasteiger partial charge in [-0.2, -0.15) is 0 Å². The summed E-state index contributed by atoms with van der Waals surface area (Å²) in [6.07, 6.45) is 2.54. The standard InChI is InChI=1S/C12H14O2/c1-2-7-14-10-5-3-9-4-6-12(13)11(9)8-10/h3,5,8H,2,4,6-7H2,1H3. The van der Waals surface area contributed by atoms with Gasteiger partial charge in [0.15, 0.2) is 5.78 Å². The first-order chi connectivity index (χ1) is 6.81. The lowest BCUT2D eigenvalue weighted by molar-refractivity contribution is 0.0994. The minimum absolute atomic E-state index is 0.252. The number of fused-ring (bicyclic) bond motifs is 1. The summed E-state index contributed by atoms with van der Waals surface area (Å²) in [5.74, 6) is 1.07. The average Bonchev–Trinajstić information content (AvgIpc) is 2.57. The second-order valence-corrected chi connectivity index (χ2v) is 3.59. The van der Waals surface area contributed by atoms with Gasteiger partial charge in [0.25, 0.3) is 0 Å². The Bertz CT molecular complexity index is 355. The number of aryl methyl sites for hydroxylation is 1. The molecule has 0 atom stereocenters. The van der Waals surface area contributed by atoms with Gasteiger partial charge in [-0.05, 0) is 30.5 Å². The van der Waals surface area contributed by atoms with E-state index < -0.39 is 0 Å². The molecule has 14 heavy (non-hydrogen) atoms. The molecule has 1 aromatic carbocycles. The fourth-order valence-corrected chi connectivity index (χ4v) is 1.73. The van der Waals surface area contributed by atoms with Gasteiger partial charge in [-0.3, -0.25) is 4.79 Å². The molecule has 0 aliphatic heterocycles. The molecule has 0 aromatic heterocycles. The van der Waals surface area contributed by atoms with E-state index in [4.69, 9.17) is 4.74 Å². The zero-order valence-corrected chi connectivity index (χ0v) is 8.38. The Morgan fingerprint density at radius 3 is 3.00 bits per heavy atom. The second-order valence-electron chi connectivity index (χ2n) is 3.59. The molecule has 0 radical (unpaired) electrons. The van der Waals surface area contributed by atoms with Gasteiger partial charge in [0.2, 0.25) is 0 Å². The molecular formula is C12H14O2. The van der Waals surface area contributed by atoms with Crippen LogP contribution in [0.1, 0.15) is 35.7 Å². The van der Waals surface area contributed by atoms with E-state index in [-0.39, 0.29) is 5.78 Å². The minimum Gasteiger partial charge on any atom is -0.494 e. The van der Waals surface area contributed by atoms with Crippen LogP contribution in [0.3, 0.4) is 0 Å². The molecule has 0 bridgehead atoms.